The summed E-state index contributed by atoms with van der Waals surface area (Å²) < 4.78 is 4.79. The number of benzene rings is 1. The number of halogens is 3. The molecule has 0 aliphatic carbocycles. The van der Waals surface area contributed by atoms with Gasteiger partial charge in [0.1, 0.15) is 6.61 Å². The zero-order chi connectivity index (χ0) is 11.3. The predicted molar refractivity (Wildman–Crippen MR) is 65.2 cm³/mol. The monoisotopic (exact) mass is 311 g/mol. The maximum Gasteiger partial charge on any atom is 0.411 e. The predicted octanol–water partition coefficient (Wildman–Crippen LogP) is 3.94. The van der Waals surface area contributed by atoms with Gasteiger partial charge in [-0.05, 0) is 12.1 Å². The Hall–Kier alpha value is -0.450. The molecule has 6 heteroatoms. The number of carbonyl (C=O) groups excluding carboxylic acids is 1. The molecule has 0 radical (unpaired) electrons. The third-order valence-electron chi connectivity index (χ3n) is 1.50. The van der Waals surface area contributed by atoms with Gasteiger partial charge in [-0.2, -0.15) is 0 Å². The molecule has 0 bridgehead atoms. The number of ether oxygens (including phenoxy) is 1. The van der Waals surface area contributed by atoms with Crippen LogP contribution in [0.15, 0.2) is 18.2 Å². The van der Waals surface area contributed by atoms with Crippen molar-refractivity contribution in [3.8, 4) is 0 Å². The largest absolute Gasteiger partial charge is 0.448 e. The van der Waals surface area contributed by atoms with Gasteiger partial charge < -0.3 is 4.74 Å². The number of amides is 1. The van der Waals surface area contributed by atoms with Crippen molar-refractivity contribution in [3.63, 3.8) is 0 Å². The lowest BCUT2D eigenvalue weighted by Crippen LogP contribution is -2.15. The van der Waals surface area contributed by atoms with Crippen LogP contribution in [-0.4, -0.2) is 18.0 Å². The first-order valence-electron chi connectivity index (χ1n) is 4.09. The minimum atomic E-state index is -0.579. The van der Waals surface area contributed by atoms with Crippen LogP contribution < -0.4 is 5.32 Å². The quantitative estimate of drug-likeness (QED) is 0.859. The number of anilines is 1. The van der Waals surface area contributed by atoms with Gasteiger partial charge in [-0.25, -0.2) is 4.79 Å². The van der Waals surface area contributed by atoms with E-state index in [1.54, 1.807) is 18.2 Å². The van der Waals surface area contributed by atoms with Crippen LogP contribution in [0.1, 0.15) is 0 Å². The molecular formula is C9H8BrCl2NO2. The smallest absolute Gasteiger partial charge is 0.411 e. The van der Waals surface area contributed by atoms with Crippen molar-refractivity contribution in [1.82, 2.24) is 0 Å². The van der Waals surface area contributed by atoms with Crippen LogP contribution in [0.3, 0.4) is 0 Å². The molecule has 15 heavy (non-hydrogen) atoms. The second kappa shape index (κ2) is 6.20. The summed E-state index contributed by atoms with van der Waals surface area (Å²) >= 11 is 14.8. The molecule has 0 aliphatic rings. The first-order valence-corrected chi connectivity index (χ1v) is 5.96. The van der Waals surface area contributed by atoms with Gasteiger partial charge in [0.25, 0.3) is 0 Å². The average molecular weight is 313 g/mol. The van der Waals surface area contributed by atoms with Gasteiger partial charge >= 0.3 is 6.09 Å². The van der Waals surface area contributed by atoms with Gasteiger partial charge in [-0.15, -0.1) is 0 Å². The minimum Gasteiger partial charge on any atom is -0.448 e. The molecular weight excluding hydrogens is 305 g/mol. The fourth-order valence-corrected chi connectivity index (χ4v) is 1.54. The van der Waals surface area contributed by atoms with Crippen molar-refractivity contribution in [1.29, 1.82) is 0 Å². The van der Waals surface area contributed by atoms with Crippen molar-refractivity contribution in [2.24, 2.45) is 0 Å². The van der Waals surface area contributed by atoms with Gasteiger partial charge in [-0.1, -0.05) is 45.2 Å². The molecule has 0 fully saturated rings. The van der Waals surface area contributed by atoms with Crippen LogP contribution in [0, 0.1) is 0 Å². The third kappa shape index (κ3) is 3.89. The Kier molecular flexibility index (Phi) is 5.22. The summed E-state index contributed by atoms with van der Waals surface area (Å²) in [6.45, 7) is 0.286. The summed E-state index contributed by atoms with van der Waals surface area (Å²) in [5.41, 5.74) is 0.361. The Morgan fingerprint density at radius 2 is 2.00 bits per heavy atom. The molecule has 0 atom stereocenters. The molecule has 1 aromatic carbocycles. The third-order valence-corrected chi connectivity index (χ3v) is 2.45. The zero-order valence-corrected chi connectivity index (χ0v) is 10.7. The molecule has 0 aromatic heterocycles. The zero-order valence-electron chi connectivity index (χ0n) is 7.60. The van der Waals surface area contributed by atoms with E-state index in [0.717, 1.165) is 0 Å². The molecule has 3 nitrogen and oxygen atoms in total. The highest BCUT2D eigenvalue weighted by Crippen LogP contribution is 2.29. The molecule has 1 amide bonds. The number of para-hydroxylation sites is 1. The van der Waals surface area contributed by atoms with Crippen LogP contribution in [0.25, 0.3) is 0 Å². The standard InChI is InChI=1S/C9H8BrCl2NO2/c10-4-5-15-9(14)13-8-6(11)2-1-3-7(8)12/h1-3H,4-5H2,(H,13,14). The van der Waals surface area contributed by atoms with Crippen LogP contribution >= 0.6 is 39.1 Å². The van der Waals surface area contributed by atoms with Gasteiger partial charge in [0.05, 0.1) is 15.7 Å². The number of nitrogens with one attached hydrogen (secondary N) is 1. The highest BCUT2D eigenvalue weighted by Gasteiger charge is 2.09. The number of carbonyl (C=O) groups is 1. The highest BCUT2D eigenvalue weighted by atomic mass is 79.9. The topological polar surface area (TPSA) is 38.3 Å². The summed E-state index contributed by atoms with van der Waals surface area (Å²) in [7, 11) is 0. The summed E-state index contributed by atoms with van der Waals surface area (Å²) in [4.78, 5) is 11.2. The van der Waals surface area contributed by atoms with Gasteiger partial charge in [0, 0.05) is 5.33 Å². The van der Waals surface area contributed by atoms with Crippen molar-refractivity contribution < 1.29 is 9.53 Å². The van der Waals surface area contributed by atoms with Crippen LogP contribution in [-0.2, 0) is 4.74 Å². The van der Waals surface area contributed by atoms with E-state index in [0.29, 0.717) is 21.1 Å². The Balaban J connectivity index is 2.68. The Labute approximate surface area is 106 Å². The second-order valence-electron chi connectivity index (χ2n) is 2.55. The SMILES string of the molecule is O=C(Nc1c(Cl)cccc1Cl)OCCBr. The maximum atomic E-state index is 11.2. The number of alkyl halides is 1. The normalized spacial score (nSPS) is 9.80. The van der Waals surface area contributed by atoms with E-state index in [-0.39, 0.29) is 6.61 Å². The minimum absolute atomic E-state index is 0.286. The summed E-state index contributed by atoms with van der Waals surface area (Å²) in [6, 6.07) is 4.96. The van der Waals surface area contributed by atoms with E-state index in [1.165, 1.54) is 0 Å². The maximum absolute atomic E-state index is 11.2. The molecule has 1 aromatic rings. The fraction of sp³-hybridized carbons (Fsp3) is 0.222. The van der Waals surface area contributed by atoms with Crippen molar-refractivity contribution in [2.75, 3.05) is 17.3 Å². The first-order chi connectivity index (χ1) is 7.15. The van der Waals surface area contributed by atoms with E-state index in [1.807, 2.05) is 0 Å². The van der Waals surface area contributed by atoms with Gasteiger partial charge in [0.15, 0.2) is 0 Å². The summed E-state index contributed by atoms with van der Waals surface area (Å²) in [5, 5.41) is 3.79. The molecule has 1 rings (SSSR count). The molecule has 0 heterocycles. The van der Waals surface area contributed by atoms with Crippen LogP contribution in [0.2, 0.25) is 10.0 Å². The van der Waals surface area contributed by atoms with Crippen molar-refractivity contribution in [3.05, 3.63) is 28.2 Å². The van der Waals surface area contributed by atoms with Crippen molar-refractivity contribution in [2.45, 2.75) is 0 Å². The Morgan fingerprint density at radius 1 is 1.40 bits per heavy atom. The van der Waals surface area contributed by atoms with E-state index < -0.39 is 6.09 Å². The average Bonchev–Trinajstić information content (AvgIpc) is 2.21. The van der Waals surface area contributed by atoms with Crippen LogP contribution in [0.5, 0.6) is 0 Å². The Bertz CT molecular complexity index is 340. The number of hydrogen-bond donors (Lipinski definition) is 1. The van der Waals surface area contributed by atoms with E-state index in [9.17, 15) is 4.79 Å². The molecule has 0 saturated carbocycles. The lowest BCUT2D eigenvalue weighted by atomic mass is 10.3. The number of hydrogen-bond acceptors (Lipinski definition) is 2. The van der Waals surface area contributed by atoms with E-state index in [4.69, 9.17) is 27.9 Å². The fourth-order valence-electron chi connectivity index (χ4n) is 0.887. The van der Waals surface area contributed by atoms with Crippen molar-refractivity contribution >= 4 is 50.9 Å². The van der Waals surface area contributed by atoms with Crippen LogP contribution in [0.4, 0.5) is 10.5 Å². The second-order valence-corrected chi connectivity index (χ2v) is 4.15. The van der Waals surface area contributed by atoms with Gasteiger partial charge in [-0.3, -0.25) is 5.32 Å². The first kappa shape index (κ1) is 12.6. The molecule has 0 saturated heterocycles. The van der Waals surface area contributed by atoms with E-state index in [2.05, 4.69) is 21.2 Å². The molecule has 0 aliphatic heterocycles. The summed E-state index contributed by atoms with van der Waals surface area (Å²) in [6.07, 6.45) is -0.579. The molecule has 0 unspecified atom stereocenters. The van der Waals surface area contributed by atoms with Gasteiger partial charge in [0.2, 0.25) is 0 Å². The summed E-state index contributed by atoms with van der Waals surface area (Å²) in [5.74, 6) is 0. The molecule has 0 spiro atoms. The lowest BCUT2D eigenvalue weighted by molar-refractivity contribution is 0.169. The lowest BCUT2D eigenvalue weighted by Gasteiger charge is -2.08. The molecule has 82 valence electrons. The Morgan fingerprint density at radius 3 is 2.53 bits per heavy atom. The highest BCUT2D eigenvalue weighted by molar-refractivity contribution is 9.09. The van der Waals surface area contributed by atoms with E-state index >= 15 is 0 Å². The molecule has 1 N–H and O–H groups in total. The number of rotatable bonds is 3.